The monoisotopic (exact) mass is 305 g/mol. The van der Waals surface area contributed by atoms with E-state index in [1.807, 2.05) is 38.2 Å². The molecule has 0 fully saturated rings. The molecule has 5 heteroatoms. The van der Waals surface area contributed by atoms with Gasteiger partial charge in [0.2, 0.25) is 0 Å². The maximum Gasteiger partial charge on any atom is 0.279 e. The molecule has 0 saturated heterocycles. The van der Waals surface area contributed by atoms with Crippen LogP contribution in [0, 0.1) is 0 Å². The van der Waals surface area contributed by atoms with E-state index in [9.17, 15) is 4.79 Å². The maximum absolute atomic E-state index is 12.0. The summed E-state index contributed by atoms with van der Waals surface area (Å²) in [6.45, 7) is 3.90. The molecule has 2 N–H and O–H groups in total. The standard InChI is InChI=1S/C16H20N2O2S/c1-3-20-15-6-4-14(5-7-15)17-16(19)11-18(2)10-13-8-9-21-12-13/h4-9,12H,3,10-11H2,1-2H3,(H,17,19)/p+1. The van der Waals surface area contributed by atoms with Crippen LogP contribution < -0.4 is 15.0 Å². The second-order valence-electron chi connectivity index (χ2n) is 4.95. The molecule has 112 valence electrons. The number of ether oxygens (including phenoxy) is 1. The molecule has 0 spiro atoms. The van der Waals surface area contributed by atoms with Gasteiger partial charge in [-0.1, -0.05) is 0 Å². The number of carbonyl (C=O) groups excluding carboxylic acids is 1. The van der Waals surface area contributed by atoms with Gasteiger partial charge in [0.25, 0.3) is 5.91 Å². The van der Waals surface area contributed by atoms with Crippen molar-refractivity contribution in [2.24, 2.45) is 0 Å². The second kappa shape index (κ2) is 7.81. The first-order chi connectivity index (χ1) is 10.2. The smallest absolute Gasteiger partial charge is 0.279 e. The van der Waals surface area contributed by atoms with E-state index >= 15 is 0 Å². The van der Waals surface area contributed by atoms with Crippen LogP contribution in [0.25, 0.3) is 0 Å². The molecule has 0 saturated carbocycles. The van der Waals surface area contributed by atoms with Crippen LogP contribution in [-0.2, 0) is 11.3 Å². The number of rotatable bonds is 7. The van der Waals surface area contributed by atoms with E-state index in [0.29, 0.717) is 13.2 Å². The number of amides is 1. The van der Waals surface area contributed by atoms with Crippen LogP contribution in [0.3, 0.4) is 0 Å². The van der Waals surface area contributed by atoms with E-state index in [1.54, 1.807) is 11.3 Å². The first-order valence-electron chi connectivity index (χ1n) is 7.02. The highest BCUT2D eigenvalue weighted by Crippen LogP contribution is 2.15. The van der Waals surface area contributed by atoms with Gasteiger partial charge in [-0.15, -0.1) is 0 Å². The molecule has 1 unspecified atom stereocenters. The van der Waals surface area contributed by atoms with Gasteiger partial charge in [0.1, 0.15) is 12.3 Å². The average molecular weight is 305 g/mol. The average Bonchev–Trinajstić information content (AvgIpc) is 2.93. The molecule has 1 aromatic heterocycles. The summed E-state index contributed by atoms with van der Waals surface area (Å²) >= 11 is 1.68. The molecular weight excluding hydrogens is 284 g/mol. The van der Waals surface area contributed by atoms with Gasteiger partial charge in [0.15, 0.2) is 6.54 Å². The number of carbonyl (C=O) groups is 1. The van der Waals surface area contributed by atoms with Crippen molar-refractivity contribution < 1.29 is 14.4 Å². The van der Waals surface area contributed by atoms with Gasteiger partial charge in [-0.05, 0) is 48.0 Å². The first-order valence-corrected chi connectivity index (χ1v) is 7.96. The number of thiophene rings is 1. The summed E-state index contributed by atoms with van der Waals surface area (Å²) in [5.41, 5.74) is 2.07. The van der Waals surface area contributed by atoms with Gasteiger partial charge >= 0.3 is 0 Å². The van der Waals surface area contributed by atoms with Crippen LogP contribution in [-0.4, -0.2) is 26.1 Å². The maximum atomic E-state index is 12.0. The Labute approximate surface area is 129 Å². The summed E-state index contributed by atoms with van der Waals surface area (Å²) < 4.78 is 5.37. The highest BCUT2D eigenvalue weighted by Gasteiger charge is 2.11. The molecule has 0 aliphatic heterocycles. The van der Waals surface area contributed by atoms with Crippen LogP contribution in [0.4, 0.5) is 5.69 Å². The lowest BCUT2D eigenvalue weighted by molar-refractivity contribution is -0.885. The van der Waals surface area contributed by atoms with Crippen molar-refractivity contribution in [1.82, 2.24) is 0 Å². The topological polar surface area (TPSA) is 42.8 Å². The van der Waals surface area contributed by atoms with Gasteiger partial charge in [-0.3, -0.25) is 4.79 Å². The summed E-state index contributed by atoms with van der Waals surface area (Å²) in [6.07, 6.45) is 0. The highest BCUT2D eigenvalue weighted by molar-refractivity contribution is 7.07. The Morgan fingerprint density at radius 1 is 1.29 bits per heavy atom. The molecule has 1 amide bonds. The van der Waals surface area contributed by atoms with Gasteiger partial charge in [-0.2, -0.15) is 11.3 Å². The largest absolute Gasteiger partial charge is 0.494 e. The number of likely N-dealkylation sites (N-methyl/N-ethyl adjacent to an activating group) is 1. The number of hydrogen-bond donors (Lipinski definition) is 2. The lowest BCUT2D eigenvalue weighted by Gasteiger charge is -2.13. The van der Waals surface area contributed by atoms with Crippen molar-refractivity contribution in [2.45, 2.75) is 13.5 Å². The number of quaternary nitrogens is 1. The zero-order chi connectivity index (χ0) is 15.1. The SMILES string of the molecule is CCOc1ccc(NC(=O)C[NH+](C)Cc2ccsc2)cc1. The zero-order valence-electron chi connectivity index (χ0n) is 12.4. The molecule has 4 nitrogen and oxygen atoms in total. The fourth-order valence-corrected chi connectivity index (χ4v) is 2.75. The Bertz CT molecular complexity index is 552. The number of benzene rings is 1. The van der Waals surface area contributed by atoms with E-state index in [4.69, 9.17) is 4.74 Å². The van der Waals surface area contributed by atoms with Gasteiger partial charge in [-0.25, -0.2) is 0 Å². The summed E-state index contributed by atoms with van der Waals surface area (Å²) in [4.78, 5) is 13.2. The van der Waals surface area contributed by atoms with Gasteiger partial charge < -0.3 is 15.0 Å². The number of hydrogen-bond acceptors (Lipinski definition) is 3. The van der Waals surface area contributed by atoms with E-state index in [2.05, 4.69) is 22.1 Å². The highest BCUT2D eigenvalue weighted by atomic mass is 32.1. The molecule has 1 aromatic carbocycles. The van der Waals surface area contributed by atoms with Crippen LogP contribution in [0.15, 0.2) is 41.1 Å². The molecular formula is C16H21N2O2S+. The quantitative estimate of drug-likeness (QED) is 0.819. The van der Waals surface area contributed by atoms with Crippen molar-refractivity contribution in [3.8, 4) is 5.75 Å². The lowest BCUT2D eigenvalue weighted by atomic mass is 10.3. The zero-order valence-corrected chi connectivity index (χ0v) is 13.2. The molecule has 2 rings (SSSR count). The van der Waals surface area contributed by atoms with Crippen LogP contribution in [0.5, 0.6) is 5.75 Å². The molecule has 1 atom stereocenters. The second-order valence-corrected chi connectivity index (χ2v) is 5.73. The summed E-state index contributed by atoms with van der Waals surface area (Å²) in [5.74, 6) is 0.836. The Morgan fingerprint density at radius 2 is 2.05 bits per heavy atom. The van der Waals surface area contributed by atoms with Crippen molar-refractivity contribution in [1.29, 1.82) is 0 Å². The van der Waals surface area contributed by atoms with Crippen molar-refractivity contribution in [3.63, 3.8) is 0 Å². The molecule has 0 radical (unpaired) electrons. The van der Waals surface area contributed by atoms with Gasteiger partial charge in [0.05, 0.1) is 13.7 Å². The summed E-state index contributed by atoms with van der Waals surface area (Å²) in [7, 11) is 2.02. The van der Waals surface area contributed by atoms with Gasteiger partial charge in [0, 0.05) is 11.3 Å². The minimum absolute atomic E-state index is 0.0203. The summed E-state index contributed by atoms with van der Waals surface area (Å²) in [6, 6.07) is 9.54. The van der Waals surface area contributed by atoms with E-state index < -0.39 is 0 Å². The minimum Gasteiger partial charge on any atom is -0.494 e. The molecule has 1 heterocycles. The van der Waals surface area contributed by atoms with Crippen molar-refractivity contribution in [3.05, 3.63) is 46.7 Å². The van der Waals surface area contributed by atoms with Crippen molar-refractivity contribution >= 4 is 22.9 Å². The third kappa shape index (κ3) is 5.21. The first kappa shape index (κ1) is 15.5. The number of nitrogens with one attached hydrogen (secondary N) is 2. The Morgan fingerprint density at radius 3 is 2.67 bits per heavy atom. The lowest BCUT2D eigenvalue weighted by Crippen LogP contribution is -3.08. The minimum atomic E-state index is 0.0203. The molecule has 0 bridgehead atoms. The molecule has 0 aliphatic carbocycles. The normalized spacial score (nSPS) is 11.9. The Kier molecular flexibility index (Phi) is 5.78. The Hall–Kier alpha value is -1.85. The predicted molar refractivity (Wildman–Crippen MR) is 86.0 cm³/mol. The summed E-state index contributed by atoms with van der Waals surface area (Å²) in [5, 5.41) is 7.09. The third-order valence-corrected chi connectivity index (χ3v) is 3.73. The number of anilines is 1. The molecule has 2 aromatic rings. The van der Waals surface area contributed by atoms with E-state index in [0.717, 1.165) is 22.9 Å². The Balaban J connectivity index is 1.80. The van der Waals surface area contributed by atoms with E-state index in [-0.39, 0.29) is 5.91 Å². The van der Waals surface area contributed by atoms with Crippen LogP contribution in [0.2, 0.25) is 0 Å². The predicted octanol–water partition coefficient (Wildman–Crippen LogP) is 1.80. The fraction of sp³-hybridized carbons (Fsp3) is 0.312. The van der Waals surface area contributed by atoms with Crippen LogP contribution >= 0.6 is 11.3 Å². The van der Waals surface area contributed by atoms with Crippen LogP contribution in [0.1, 0.15) is 12.5 Å². The molecule has 21 heavy (non-hydrogen) atoms. The van der Waals surface area contributed by atoms with E-state index in [1.165, 1.54) is 5.56 Å². The molecule has 0 aliphatic rings. The third-order valence-electron chi connectivity index (χ3n) is 3.00. The van der Waals surface area contributed by atoms with Crippen molar-refractivity contribution in [2.75, 3.05) is 25.5 Å². The fourth-order valence-electron chi connectivity index (χ4n) is 2.08.